The Morgan fingerprint density at radius 1 is 0.784 bits per heavy atom. The first-order valence-corrected chi connectivity index (χ1v) is 19.3. The first kappa shape index (κ1) is 38.8. The average Bonchev–Trinajstić information content (AvgIpc) is 3.11. The van der Waals surface area contributed by atoms with Crippen LogP contribution in [0.5, 0.6) is 0 Å². The molecule has 1 fully saturated rings. The summed E-state index contributed by atoms with van der Waals surface area (Å²) in [6.07, 6.45) is 0.234. The molecular formula is C40H39Br3O8. The highest BCUT2D eigenvalue weighted by molar-refractivity contribution is 9.11. The quantitative estimate of drug-likeness (QED) is 0.138. The van der Waals surface area contributed by atoms with E-state index in [4.69, 9.17) is 14.2 Å². The molecule has 0 amide bonds. The van der Waals surface area contributed by atoms with Crippen LogP contribution in [0.25, 0.3) is 0 Å². The lowest BCUT2D eigenvalue weighted by Gasteiger charge is -2.54. The van der Waals surface area contributed by atoms with Crippen LogP contribution in [-0.4, -0.2) is 48.3 Å². The Balaban J connectivity index is 1.49. The molecule has 0 spiro atoms. The molecule has 0 aromatic heterocycles. The molecule has 1 saturated carbocycles. The molecule has 0 radical (unpaired) electrons. The maximum atomic E-state index is 14.5. The zero-order valence-corrected chi connectivity index (χ0v) is 33.5. The molecule has 5 rings (SSSR count). The van der Waals surface area contributed by atoms with Crippen LogP contribution < -0.4 is 0 Å². The topological polar surface area (TPSA) is 113 Å². The van der Waals surface area contributed by atoms with E-state index < -0.39 is 47.4 Å². The van der Waals surface area contributed by atoms with Crippen LogP contribution in [-0.2, 0) is 23.8 Å². The van der Waals surface area contributed by atoms with Crippen LogP contribution in [0.15, 0.2) is 97.9 Å². The van der Waals surface area contributed by atoms with Crippen molar-refractivity contribution in [3.8, 4) is 0 Å². The number of hydrogen-bond donors (Lipinski definition) is 0. The number of benzene rings is 3. The van der Waals surface area contributed by atoms with E-state index in [9.17, 15) is 24.0 Å². The van der Waals surface area contributed by atoms with Gasteiger partial charge < -0.3 is 14.2 Å². The summed E-state index contributed by atoms with van der Waals surface area (Å²) < 4.78 is 20.1. The van der Waals surface area contributed by atoms with Gasteiger partial charge in [0.05, 0.1) is 34.6 Å². The lowest BCUT2D eigenvalue weighted by atomic mass is 9.50. The van der Waals surface area contributed by atoms with Gasteiger partial charge >= 0.3 is 17.9 Å². The molecule has 0 unspecified atom stereocenters. The van der Waals surface area contributed by atoms with Crippen LogP contribution in [0.4, 0.5) is 0 Å². The van der Waals surface area contributed by atoms with E-state index in [2.05, 4.69) is 47.8 Å². The van der Waals surface area contributed by atoms with Gasteiger partial charge in [0.15, 0.2) is 5.78 Å². The zero-order chi connectivity index (χ0) is 37.0. The Bertz CT molecular complexity index is 1820. The molecule has 2 aliphatic carbocycles. The Morgan fingerprint density at radius 3 is 1.75 bits per heavy atom. The van der Waals surface area contributed by atoms with Gasteiger partial charge in [-0.05, 0) is 116 Å². The van der Waals surface area contributed by atoms with Crippen LogP contribution in [0.1, 0.15) is 78.0 Å². The van der Waals surface area contributed by atoms with Gasteiger partial charge in [-0.15, -0.1) is 0 Å². The van der Waals surface area contributed by atoms with E-state index in [1.807, 2.05) is 27.7 Å². The van der Waals surface area contributed by atoms with Crippen molar-refractivity contribution >= 4 is 77.3 Å². The second-order valence-corrected chi connectivity index (χ2v) is 16.2. The third-order valence-electron chi connectivity index (χ3n) is 10.2. The monoisotopic (exact) mass is 884 g/mol. The second-order valence-electron chi connectivity index (χ2n) is 13.4. The summed E-state index contributed by atoms with van der Waals surface area (Å²) in [5, 5.41) is 0. The van der Waals surface area contributed by atoms with Gasteiger partial charge in [-0.25, -0.2) is 14.4 Å². The van der Waals surface area contributed by atoms with Crippen molar-refractivity contribution in [1.29, 1.82) is 0 Å². The van der Waals surface area contributed by atoms with Gasteiger partial charge in [0.1, 0.15) is 18.0 Å². The smallest absolute Gasteiger partial charge is 0.338 e. The third-order valence-corrected chi connectivity index (χ3v) is 11.8. The molecule has 8 nitrogen and oxygen atoms in total. The molecule has 0 saturated heterocycles. The predicted octanol–water partition coefficient (Wildman–Crippen LogP) is 9.37. The molecule has 3 aromatic carbocycles. The van der Waals surface area contributed by atoms with Crippen LogP contribution in [0, 0.1) is 29.1 Å². The van der Waals surface area contributed by atoms with Gasteiger partial charge in [-0.1, -0.05) is 74.1 Å². The molecule has 3 aromatic rings. The van der Waals surface area contributed by atoms with Gasteiger partial charge in [-0.3, -0.25) is 9.59 Å². The van der Waals surface area contributed by atoms with Crippen molar-refractivity contribution in [3.05, 3.63) is 115 Å². The number of halogens is 3. The molecule has 268 valence electrons. The highest BCUT2D eigenvalue weighted by Crippen LogP contribution is 2.56. The fourth-order valence-corrected chi connectivity index (χ4v) is 8.31. The zero-order valence-electron chi connectivity index (χ0n) is 28.7. The SMILES string of the molecule is CC[C@@H](C)C1=CC(=O)[C@H]2[C@H](OC(=O)c3ccc(Br)cc3)[C@H](OC(=O)c3ccc(Br)cc3)C[C@@H](C)[C@@H]2[C@@]1(C)C(=O)CCOC(=O)c1ccc(Br)cc1. The lowest BCUT2D eigenvalue weighted by molar-refractivity contribution is -0.158. The Labute approximate surface area is 323 Å². The van der Waals surface area contributed by atoms with Gasteiger partial charge in [0, 0.05) is 19.8 Å². The van der Waals surface area contributed by atoms with Crippen LogP contribution in [0.3, 0.4) is 0 Å². The van der Waals surface area contributed by atoms with Gasteiger partial charge in [0.2, 0.25) is 0 Å². The van der Waals surface area contributed by atoms with E-state index in [1.54, 1.807) is 72.8 Å². The number of hydrogen-bond acceptors (Lipinski definition) is 8. The Morgan fingerprint density at radius 2 is 1.25 bits per heavy atom. The summed E-state index contributed by atoms with van der Waals surface area (Å²) in [6.45, 7) is 7.63. The van der Waals surface area contributed by atoms with Gasteiger partial charge in [-0.2, -0.15) is 0 Å². The Kier molecular flexibility index (Phi) is 12.6. The summed E-state index contributed by atoms with van der Waals surface area (Å²) >= 11 is 10.1. The molecule has 11 heteroatoms. The number of esters is 3. The summed E-state index contributed by atoms with van der Waals surface area (Å²) in [4.78, 5) is 68.7. The van der Waals surface area contributed by atoms with Crippen molar-refractivity contribution < 1.29 is 38.2 Å². The van der Waals surface area contributed by atoms with Crippen molar-refractivity contribution in [2.75, 3.05) is 6.61 Å². The summed E-state index contributed by atoms with van der Waals surface area (Å²) in [5.74, 6) is -4.31. The average molecular weight is 887 g/mol. The van der Waals surface area contributed by atoms with E-state index in [-0.39, 0.29) is 48.4 Å². The minimum atomic E-state index is -1.17. The predicted molar refractivity (Wildman–Crippen MR) is 202 cm³/mol. The number of carbonyl (C=O) groups excluding carboxylic acids is 5. The first-order chi connectivity index (χ1) is 24.2. The standard InChI is InChI=1S/C40H39Br3O8/c1-5-22(2)30-21-31(44)34-35(40(30,4)33(45)18-19-49-37(46)24-6-12-27(41)13-7-24)23(3)20-32(50-38(47)25-8-14-28(42)15-9-25)36(34)51-39(48)26-10-16-29(43)17-11-26/h6-17,21-23,32,34-36H,5,18-20H2,1-4H3/t22-,23-,32-,34-,35+,36-,40-/m1/s1. The lowest BCUT2D eigenvalue weighted by Crippen LogP contribution is -2.60. The number of rotatable bonds is 11. The van der Waals surface area contributed by atoms with E-state index in [0.29, 0.717) is 23.1 Å². The highest BCUT2D eigenvalue weighted by Gasteiger charge is 2.61. The third kappa shape index (κ3) is 8.47. The number of ether oxygens (including phenoxy) is 3. The van der Waals surface area contributed by atoms with Gasteiger partial charge in [0.25, 0.3) is 0 Å². The second kappa shape index (κ2) is 16.5. The van der Waals surface area contributed by atoms with Crippen molar-refractivity contribution in [2.45, 2.75) is 59.2 Å². The summed E-state index contributed by atoms with van der Waals surface area (Å²) in [6, 6.07) is 20.0. The molecule has 51 heavy (non-hydrogen) atoms. The Hall–Kier alpha value is -3.41. The van der Waals surface area contributed by atoms with Crippen molar-refractivity contribution in [3.63, 3.8) is 0 Å². The minimum Gasteiger partial charge on any atom is -0.462 e. The molecule has 0 aliphatic heterocycles. The number of ketones is 2. The fraction of sp³-hybridized carbons (Fsp3) is 0.375. The molecular weight excluding hydrogens is 848 g/mol. The van der Waals surface area contributed by atoms with Crippen molar-refractivity contribution in [2.24, 2.45) is 29.1 Å². The number of fused-ring (bicyclic) bond motifs is 1. The molecule has 2 aliphatic rings. The number of allylic oxidation sites excluding steroid dienone is 2. The van der Waals surface area contributed by atoms with Crippen LogP contribution >= 0.6 is 47.8 Å². The molecule has 7 atom stereocenters. The molecule has 0 heterocycles. The minimum absolute atomic E-state index is 0.0813. The maximum Gasteiger partial charge on any atom is 0.338 e. The number of carbonyl (C=O) groups is 5. The summed E-state index contributed by atoms with van der Waals surface area (Å²) in [5.41, 5.74) is 0.464. The largest absolute Gasteiger partial charge is 0.462 e. The highest BCUT2D eigenvalue weighted by atomic mass is 79.9. The van der Waals surface area contributed by atoms with E-state index >= 15 is 0 Å². The van der Waals surface area contributed by atoms with Crippen molar-refractivity contribution in [1.82, 2.24) is 0 Å². The van der Waals surface area contributed by atoms with Crippen LogP contribution in [0.2, 0.25) is 0 Å². The molecule has 0 bridgehead atoms. The first-order valence-electron chi connectivity index (χ1n) is 16.9. The number of Topliss-reactive ketones (excluding diaryl/α,β-unsaturated/α-hetero) is 1. The van der Waals surface area contributed by atoms with E-state index in [0.717, 1.165) is 13.4 Å². The van der Waals surface area contributed by atoms with E-state index in [1.165, 1.54) is 6.08 Å². The molecule has 0 N–H and O–H groups in total. The summed E-state index contributed by atoms with van der Waals surface area (Å²) in [7, 11) is 0. The maximum absolute atomic E-state index is 14.5. The fourth-order valence-electron chi connectivity index (χ4n) is 7.52. The normalized spacial score (nSPS) is 24.8.